The van der Waals surface area contributed by atoms with Gasteiger partial charge >= 0.3 is 0 Å². The molecule has 4 rings (SSSR count). The van der Waals surface area contributed by atoms with Crippen molar-refractivity contribution in [2.24, 2.45) is 23.2 Å². The van der Waals surface area contributed by atoms with E-state index in [1.165, 1.54) is 4.88 Å². The average Bonchev–Trinajstić information content (AvgIpc) is 3.30. The molecule has 0 bridgehead atoms. The van der Waals surface area contributed by atoms with Gasteiger partial charge in [0.05, 0.1) is 11.8 Å². The van der Waals surface area contributed by atoms with Gasteiger partial charge in [-0.3, -0.25) is 4.79 Å². The van der Waals surface area contributed by atoms with Crippen LogP contribution < -0.4 is 10.6 Å². The fraction of sp³-hybridized carbons (Fsp3) is 0.800. The Morgan fingerprint density at radius 1 is 1.38 bits per heavy atom. The van der Waals surface area contributed by atoms with Gasteiger partial charge < -0.3 is 15.7 Å². The Morgan fingerprint density at radius 2 is 2.12 bits per heavy atom. The number of nitrogens with one attached hydrogen (secondary N) is 2. The zero-order valence-electron chi connectivity index (χ0n) is 16.2. The van der Waals surface area contributed by atoms with E-state index in [0.717, 1.165) is 42.9 Å². The highest BCUT2D eigenvalue weighted by atomic mass is 32.1. The largest absolute Gasteiger partial charge is 0.392 e. The summed E-state index contributed by atoms with van der Waals surface area (Å²) in [6.45, 7) is 6.53. The summed E-state index contributed by atoms with van der Waals surface area (Å²) in [6, 6.07) is 0.377. The van der Waals surface area contributed by atoms with Crippen LogP contribution in [0, 0.1) is 23.2 Å². The number of amides is 1. The zero-order chi connectivity index (χ0) is 18.6. The third kappa shape index (κ3) is 2.95. The van der Waals surface area contributed by atoms with E-state index in [4.69, 9.17) is 4.98 Å². The van der Waals surface area contributed by atoms with Crippen LogP contribution in [0.15, 0.2) is 0 Å². The highest BCUT2D eigenvalue weighted by Gasteiger charge is 2.54. The second-order valence-electron chi connectivity index (χ2n) is 8.99. The van der Waals surface area contributed by atoms with E-state index in [2.05, 4.69) is 24.5 Å². The Kier molecular flexibility index (Phi) is 4.55. The predicted molar refractivity (Wildman–Crippen MR) is 104 cm³/mol. The van der Waals surface area contributed by atoms with Crippen molar-refractivity contribution < 1.29 is 9.90 Å². The number of aromatic nitrogens is 1. The van der Waals surface area contributed by atoms with Crippen molar-refractivity contribution in [1.82, 2.24) is 10.3 Å². The lowest BCUT2D eigenvalue weighted by molar-refractivity contribution is -0.134. The number of carbonyl (C=O) groups excluding carboxylic acids is 1. The van der Waals surface area contributed by atoms with Gasteiger partial charge in [0.2, 0.25) is 5.91 Å². The highest BCUT2D eigenvalue weighted by Crippen LogP contribution is 2.57. The van der Waals surface area contributed by atoms with Crippen molar-refractivity contribution in [1.29, 1.82) is 0 Å². The first-order chi connectivity index (χ1) is 12.3. The number of aliphatic hydroxyl groups is 1. The maximum atomic E-state index is 12.6. The highest BCUT2D eigenvalue weighted by molar-refractivity contribution is 7.15. The van der Waals surface area contributed by atoms with Gasteiger partial charge in [0.15, 0.2) is 5.13 Å². The first-order valence-corrected chi connectivity index (χ1v) is 10.8. The van der Waals surface area contributed by atoms with Crippen LogP contribution in [0.4, 0.5) is 5.13 Å². The van der Waals surface area contributed by atoms with E-state index in [9.17, 15) is 9.90 Å². The van der Waals surface area contributed by atoms with E-state index < -0.39 is 6.10 Å². The number of anilines is 1. The normalized spacial score (nSPS) is 37.4. The number of carbonyl (C=O) groups is 1. The molecule has 26 heavy (non-hydrogen) atoms. The van der Waals surface area contributed by atoms with Crippen molar-refractivity contribution in [3.63, 3.8) is 0 Å². The molecule has 0 radical (unpaired) electrons. The van der Waals surface area contributed by atoms with Crippen LogP contribution >= 0.6 is 11.3 Å². The molecule has 0 spiro atoms. The molecule has 3 aliphatic carbocycles. The van der Waals surface area contributed by atoms with Gasteiger partial charge in [-0.15, -0.1) is 11.3 Å². The lowest BCUT2D eigenvalue weighted by atomic mass is 9.53. The minimum absolute atomic E-state index is 0.0400. The van der Waals surface area contributed by atoms with Crippen molar-refractivity contribution in [2.75, 3.05) is 12.4 Å². The van der Waals surface area contributed by atoms with Crippen molar-refractivity contribution in [2.45, 2.75) is 70.9 Å². The fourth-order valence-corrected chi connectivity index (χ4v) is 6.63. The molecule has 3 aliphatic rings. The summed E-state index contributed by atoms with van der Waals surface area (Å²) in [6.07, 6.45) is 4.73. The van der Waals surface area contributed by atoms with E-state index in [1.807, 2.05) is 14.0 Å². The monoisotopic (exact) mass is 377 g/mol. The summed E-state index contributed by atoms with van der Waals surface area (Å²) >= 11 is 1.75. The van der Waals surface area contributed by atoms with Gasteiger partial charge in [0.1, 0.15) is 0 Å². The Bertz CT molecular complexity index is 701. The Morgan fingerprint density at radius 3 is 2.77 bits per heavy atom. The molecule has 1 aromatic heterocycles. The molecule has 0 aliphatic heterocycles. The second kappa shape index (κ2) is 6.48. The zero-order valence-corrected chi connectivity index (χ0v) is 17.0. The molecule has 0 saturated heterocycles. The van der Waals surface area contributed by atoms with Crippen LogP contribution in [0.3, 0.4) is 0 Å². The summed E-state index contributed by atoms with van der Waals surface area (Å²) in [5.74, 6) is 0.413. The summed E-state index contributed by atoms with van der Waals surface area (Å²) in [4.78, 5) is 18.7. The van der Waals surface area contributed by atoms with E-state index >= 15 is 0 Å². The van der Waals surface area contributed by atoms with Gasteiger partial charge in [-0.05, 0) is 49.4 Å². The second-order valence-corrected chi connectivity index (χ2v) is 10.1. The topological polar surface area (TPSA) is 74.2 Å². The summed E-state index contributed by atoms with van der Waals surface area (Å²) in [5.41, 5.74) is 1.24. The SMILES string of the molecule is CNc1nc2c(s1)C[C@]1(C)CCC([C@H](C)C(=O)NC3CC3)[C@H](O)[C@H]1[C@@H]2C. The molecule has 1 aromatic rings. The molecular weight excluding hydrogens is 346 g/mol. The molecule has 2 fully saturated rings. The van der Waals surface area contributed by atoms with Gasteiger partial charge in [-0.2, -0.15) is 0 Å². The predicted octanol–water partition coefficient (Wildman–Crippen LogP) is 3.15. The lowest BCUT2D eigenvalue weighted by Crippen LogP contribution is -2.53. The number of hydrogen-bond donors (Lipinski definition) is 3. The van der Waals surface area contributed by atoms with E-state index in [-0.39, 0.29) is 35.0 Å². The van der Waals surface area contributed by atoms with Crippen molar-refractivity contribution >= 4 is 22.4 Å². The van der Waals surface area contributed by atoms with Crippen molar-refractivity contribution in [3.8, 4) is 0 Å². The molecule has 144 valence electrons. The average molecular weight is 378 g/mol. The summed E-state index contributed by atoms with van der Waals surface area (Å²) in [5, 5.41) is 18.6. The fourth-order valence-electron chi connectivity index (χ4n) is 5.41. The maximum absolute atomic E-state index is 12.6. The molecular formula is C20H31N3O2S. The molecule has 6 heteroatoms. The quantitative estimate of drug-likeness (QED) is 0.753. The van der Waals surface area contributed by atoms with Gasteiger partial charge in [-0.1, -0.05) is 20.8 Å². The molecule has 1 unspecified atom stereocenters. The Hall–Kier alpha value is -1.14. The first-order valence-electron chi connectivity index (χ1n) is 10.00. The summed E-state index contributed by atoms with van der Waals surface area (Å²) in [7, 11) is 1.91. The molecule has 3 N–H and O–H groups in total. The third-order valence-corrected chi connectivity index (χ3v) is 8.20. The molecule has 1 amide bonds. The number of aliphatic hydroxyl groups excluding tert-OH is 1. The van der Waals surface area contributed by atoms with Crippen molar-refractivity contribution in [3.05, 3.63) is 10.6 Å². The first kappa shape index (κ1) is 18.2. The van der Waals surface area contributed by atoms with Crippen LogP contribution in [0.25, 0.3) is 0 Å². The maximum Gasteiger partial charge on any atom is 0.223 e. The third-order valence-electron chi connectivity index (χ3n) is 7.12. The Balaban J connectivity index is 1.57. The van der Waals surface area contributed by atoms with Gasteiger partial charge in [0.25, 0.3) is 0 Å². The van der Waals surface area contributed by atoms with Crippen LogP contribution in [0.1, 0.15) is 62.9 Å². The molecule has 0 aromatic carbocycles. The number of fused-ring (bicyclic) bond motifs is 2. The number of rotatable bonds is 4. The van der Waals surface area contributed by atoms with E-state index in [0.29, 0.717) is 6.04 Å². The molecule has 6 atom stereocenters. The van der Waals surface area contributed by atoms with Gasteiger partial charge in [0, 0.05) is 29.8 Å². The minimum atomic E-state index is -0.448. The van der Waals surface area contributed by atoms with Crippen LogP contribution in [-0.4, -0.2) is 35.2 Å². The molecule has 2 saturated carbocycles. The number of thiazole rings is 1. The van der Waals surface area contributed by atoms with Gasteiger partial charge in [-0.25, -0.2) is 4.98 Å². The molecule has 1 heterocycles. The van der Waals surface area contributed by atoms with E-state index in [1.54, 1.807) is 11.3 Å². The minimum Gasteiger partial charge on any atom is -0.392 e. The number of hydrogen-bond acceptors (Lipinski definition) is 5. The smallest absolute Gasteiger partial charge is 0.223 e. The molecule has 5 nitrogen and oxygen atoms in total. The summed E-state index contributed by atoms with van der Waals surface area (Å²) < 4.78 is 0. The lowest BCUT2D eigenvalue weighted by Gasteiger charge is -2.53. The number of nitrogens with zero attached hydrogens (tertiary/aromatic N) is 1. The standard InChI is InChI=1S/C20H31N3O2S/c1-10(18(25)22-12-5-6-12)13-7-8-20(3)9-14-16(23-19(21-4)26-14)11(2)15(20)17(13)24/h10-13,15,17,24H,5-9H2,1-4H3,(H,21,23)(H,22,25)/t10-,11-,13?,15+,17-,20-/m0/s1. The Labute approximate surface area is 160 Å². The van der Waals surface area contributed by atoms with Crippen LogP contribution in [0.5, 0.6) is 0 Å². The van der Waals surface area contributed by atoms with Crippen LogP contribution in [0.2, 0.25) is 0 Å². The van der Waals surface area contributed by atoms with Crippen LogP contribution in [-0.2, 0) is 11.2 Å².